The summed E-state index contributed by atoms with van der Waals surface area (Å²) in [6, 6.07) is 17.2. The molecule has 0 aliphatic rings. The molecule has 0 aliphatic carbocycles. The molecule has 0 fully saturated rings. The fourth-order valence-corrected chi connectivity index (χ4v) is 3.48. The zero-order chi connectivity index (χ0) is 22.2. The average Bonchev–Trinajstić information content (AvgIpc) is 2.75. The summed E-state index contributed by atoms with van der Waals surface area (Å²) in [5.41, 5.74) is 4.64. The Hall–Kier alpha value is -2.74. The Labute approximate surface area is 198 Å². The molecule has 0 unspecified atom stereocenters. The molecular formula is C22H18BrCl2N3O3. The van der Waals surface area contributed by atoms with E-state index in [1.807, 2.05) is 18.2 Å². The van der Waals surface area contributed by atoms with Crippen molar-refractivity contribution in [2.45, 2.75) is 6.61 Å². The van der Waals surface area contributed by atoms with Gasteiger partial charge < -0.3 is 14.8 Å². The van der Waals surface area contributed by atoms with Gasteiger partial charge in [-0.25, -0.2) is 10.2 Å². The van der Waals surface area contributed by atoms with Crippen molar-refractivity contribution >= 4 is 57.1 Å². The van der Waals surface area contributed by atoms with E-state index in [9.17, 15) is 4.79 Å². The number of anilines is 1. The fourth-order valence-electron chi connectivity index (χ4n) is 2.51. The Bertz CT molecular complexity index is 1090. The molecule has 0 bridgehead atoms. The van der Waals surface area contributed by atoms with Crippen molar-refractivity contribution in [3.05, 3.63) is 86.3 Å². The number of halogens is 3. The molecule has 9 heteroatoms. The van der Waals surface area contributed by atoms with Gasteiger partial charge in [0.2, 0.25) is 0 Å². The van der Waals surface area contributed by atoms with E-state index < -0.39 is 6.03 Å². The maximum atomic E-state index is 11.9. The molecular weight excluding hydrogens is 505 g/mol. The van der Waals surface area contributed by atoms with Gasteiger partial charge in [-0.15, -0.1) is 0 Å². The van der Waals surface area contributed by atoms with Gasteiger partial charge >= 0.3 is 6.03 Å². The molecule has 2 N–H and O–H groups in total. The van der Waals surface area contributed by atoms with Crippen LogP contribution in [0.1, 0.15) is 11.1 Å². The minimum absolute atomic E-state index is 0.301. The largest absolute Gasteiger partial charge is 0.497 e. The highest BCUT2D eigenvalue weighted by molar-refractivity contribution is 9.10. The SMILES string of the molecule is COc1ccc(NC(=O)N/N=C\c2ccc(OCc3ccc(Cl)cc3Cl)c(Br)c2)cc1. The highest BCUT2D eigenvalue weighted by Gasteiger charge is 2.06. The van der Waals surface area contributed by atoms with Crippen LogP contribution in [0.4, 0.5) is 10.5 Å². The monoisotopic (exact) mass is 521 g/mol. The minimum Gasteiger partial charge on any atom is -0.497 e. The maximum Gasteiger partial charge on any atom is 0.339 e. The van der Waals surface area contributed by atoms with Crippen LogP contribution in [-0.2, 0) is 6.61 Å². The van der Waals surface area contributed by atoms with Crippen LogP contribution in [0.2, 0.25) is 10.0 Å². The summed E-state index contributed by atoms with van der Waals surface area (Å²) in [5.74, 6) is 1.35. The second-order valence-corrected chi connectivity index (χ2v) is 7.96. The van der Waals surface area contributed by atoms with Crippen LogP contribution in [-0.4, -0.2) is 19.4 Å². The first-order valence-corrected chi connectivity index (χ1v) is 10.6. The number of rotatable bonds is 7. The van der Waals surface area contributed by atoms with Crippen LogP contribution in [0, 0.1) is 0 Å². The van der Waals surface area contributed by atoms with Gasteiger partial charge in [0.05, 0.1) is 17.8 Å². The van der Waals surface area contributed by atoms with Crippen molar-refractivity contribution in [3.8, 4) is 11.5 Å². The number of methoxy groups -OCH3 is 1. The number of hydrogen-bond donors (Lipinski definition) is 2. The number of carbonyl (C=O) groups excluding carboxylic acids is 1. The molecule has 3 rings (SSSR count). The standard InChI is InChI=1S/C22H18BrCl2N3O3/c1-30-18-7-5-17(6-8-18)27-22(29)28-26-12-14-2-9-21(19(23)10-14)31-13-15-3-4-16(24)11-20(15)25/h2-12H,13H2,1H3,(H2,27,28,29)/b26-12-. The quantitative estimate of drug-likeness (QED) is 0.275. The minimum atomic E-state index is -0.458. The molecule has 31 heavy (non-hydrogen) atoms. The first kappa shape index (κ1) is 22.9. The lowest BCUT2D eigenvalue weighted by Crippen LogP contribution is -2.24. The van der Waals surface area contributed by atoms with Gasteiger partial charge in [-0.3, -0.25) is 0 Å². The van der Waals surface area contributed by atoms with Crippen molar-refractivity contribution < 1.29 is 14.3 Å². The van der Waals surface area contributed by atoms with Gasteiger partial charge in [0.25, 0.3) is 0 Å². The summed E-state index contributed by atoms with van der Waals surface area (Å²) < 4.78 is 11.6. The number of benzene rings is 3. The summed E-state index contributed by atoms with van der Waals surface area (Å²) in [4.78, 5) is 11.9. The van der Waals surface area contributed by atoms with Gasteiger partial charge in [-0.2, -0.15) is 5.10 Å². The van der Waals surface area contributed by atoms with E-state index in [4.69, 9.17) is 32.7 Å². The molecule has 0 aliphatic heterocycles. The number of urea groups is 1. The lowest BCUT2D eigenvalue weighted by atomic mass is 10.2. The lowest BCUT2D eigenvalue weighted by molar-refractivity contribution is 0.252. The Kier molecular flexibility index (Phi) is 8.17. The second kappa shape index (κ2) is 11.0. The van der Waals surface area contributed by atoms with Crippen molar-refractivity contribution in [2.75, 3.05) is 12.4 Å². The zero-order valence-electron chi connectivity index (χ0n) is 16.4. The zero-order valence-corrected chi connectivity index (χ0v) is 19.5. The van der Waals surface area contributed by atoms with Crippen LogP contribution in [0.15, 0.2) is 70.2 Å². The lowest BCUT2D eigenvalue weighted by Gasteiger charge is -2.10. The van der Waals surface area contributed by atoms with Crippen molar-refractivity contribution in [2.24, 2.45) is 5.10 Å². The first-order valence-electron chi connectivity index (χ1n) is 9.05. The highest BCUT2D eigenvalue weighted by atomic mass is 79.9. The topological polar surface area (TPSA) is 72.0 Å². The third-order valence-electron chi connectivity index (χ3n) is 4.08. The Morgan fingerprint density at radius 1 is 1.10 bits per heavy atom. The molecule has 2 amide bonds. The maximum absolute atomic E-state index is 11.9. The predicted octanol–water partition coefficient (Wildman–Crippen LogP) is 6.50. The van der Waals surface area contributed by atoms with E-state index in [0.29, 0.717) is 33.8 Å². The van der Waals surface area contributed by atoms with Crippen LogP contribution < -0.4 is 20.2 Å². The number of ether oxygens (including phenoxy) is 2. The van der Waals surface area contributed by atoms with Gasteiger partial charge in [0, 0.05) is 21.3 Å². The Morgan fingerprint density at radius 3 is 2.55 bits per heavy atom. The molecule has 0 saturated heterocycles. The third-order valence-corrected chi connectivity index (χ3v) is 5.29. The van der Waals surface area contributed by atoms with Crippen molar-refractivity contribution in [3.63, 3.8) is 0 Å². The molecule has 0 spiro atoms. The number of amides is 2. The summed E-state index contributed by atoms with van der Waals surface area (Å²) in [7, 11) is 1.58. The molecule has 0 radical (unpaired) electrons. The van der Waals surface area contributed by atoms with Gasteiger partial charge in [0.1, 0.15) is 18.1 Å². The summed E-state index contributed by atoms with van der Waals surface area (Å²) in [6.45, 7) is 0.301. The van der Waals surface area contributed by atoms with E-state index in [2.05, 4.69) is 31.8 Å². The van der Waals surface area contributed by atoms with Crippen LogP contribution in [0.3, 0.4) is 0 Å². The van der Waals surface area contributed by atoms with E-state index >= 15 is 0 Å². The normalized spacial score (nSPS) is 10.7. The number of nitrogens with one attached hydrogen (secondary N) is 2. The Balaban J connectivity index is 1.52. The molecule has 0 atom stereocenters. The molecule has 3 aromatic carbocycles. The number of carbonyl (C=O) groups is 1. The molecule has 0 aromatic heterocycles. The first-order chi connectivity index (χ1) is 14.9. The average molecular weight is 523 g/mol. The van der Waals surface area contributed by atoms with Crippen LogP contribution in [0.25, 0.3) is 0 Å². The molecule has 0 saturated carbocycles. The van der Waals surface area contributed by atoms with Crippen molar-refractivity contribution in [1.29, 1.82) is 0 Å². The number of hydrazone groups is 1. The summed E-state index contributed by atoms with van der Waals surface area (Å²) >= 11 is 15.6. The molecule has 6 nitrogen and oxygen atoms in total. The molecule has 160 valence electrons. The van der Waals surface area contributed by atoms with E-state index in [0.717, 1.165) is 15.6 Å². The van der Waals surface area contributed by atoms with E-state index in [1.54, 1.807) is 49.6 Å². The second-order valence-electron chi connectivity index (χ2n) is 6.27. The van der Waals surface area contributed by atoms with Gasteiger partial charge in [0.15, 0.2) is 0 Å². The summed E-state index contributed by atoms with van der Waals surface area (Å²) in [5, 5.41) is 7.75. The van der Waals surface area contributed by atoms with Gasteiger partial charge in [-0.05, 0) is 76.1 Å². The van der Waals surface area contributed by atoms with Crippen molar-refractivity contribution in [1.82, 2.24) is 5.43 Å². The number of hydrogen-bond acceptors (Lipinski definition) is 4. The van der Waals surface area contributed by atoms with Crippen LogP contribution >= 0.6 is 39.1 Å². The van der Waals surface area contributed by atoms with Crippen LogP contribution in [0.5, 0.6) is 11.5 Å². The van der Waals surface area contributed by atoms with E-state index in [1.165, 1.54) is 6.21 Å². The molecule has 0 heterocycles. The number of nitrogens with zero attached hydrogens (tertiary/aromatic N) is 1. The third kappa shape index (κ3) is 6.89. The van der Waals surface area contributed by atoms with Gasteiger partial charge in [-0.1, -0.05) is 29.3 Å². The smallest absolute Gasteiger partial charge is 0.339 e. The van der Waals surface area contributed by atoms with E-state index in [-0.39, 0.29) is 0 Å². The predicted molar refractivity (Wildman–Crippen MR) is 128 cm³/mol. The summed E-state index contributed by atoms with van der Waals surface area (Å²) in [6.07, 6.45) is 1.53. The molecule has 3 aromatic rings. The fraction of sp³-hybridized carbons (Fsp3) is 0.0909. The highest BCUT2D eigenvalue weighted by Crippen LogP contribution is 2.28. The Morgan fingerprint density at radius 2 is 1.87 bits per heavy atom.